The highest BCUT2D eigenvalue weighted by Crippen LogP contribution is 2.20. The summed E-state index contributed by atoms with van der Waals surface area (Å²) in [5, 5.41) is 6.11. The smallest absolute Gasteiger partial charge is 0.250 e. The van der Waals surface area contributed by atoms with Crippen LogP contribution in [0.2, 0.25) is 5.02 Å². The first-order valence-electron chi connectivity index (χ1n) is 5.66. The fourth-order valence-electron chi connectivity index (χ4n) is 1.76. The van der Waals surface area contributed by atoms with Gasteiger partial charge in [0.1, 0.15) is 0 Å². The normalized spacial score (nSPS) is 14.9. The van der Waals surface area contributed by atoms with Gasteiger partial charge in [0.15, 0.2) is 0 Å². The molecule has 1 aliphatic rings. The molecule has 0 aliphatic carbocycles. The maximum Gasteiger partial charge on any atom is 0.250 e. The number of carbonyl (C=O) groups is 2. The standard InChI is InChI=1S/C12H14ClN3O2/c13-10-2-1-8(4-9(10)12(14)18)16-11(17)3-7-5-15-6-7/h1-2,4,7,15H,3,5-6H2,(H2,14,18)(H,16,17). The molecular weight excluding hydrogens is 254 g/mol. The van der Waals surface area contributed by atoms with Gasteiger partial charge in [-0.3, -0.25) is 9.59 Å². The Morgan fingerprint density at radius 1 is 1.44 bits per heavy atom. The first-order valence-corrected chi connectivity index (χ1v) is 6.04. The Kier molecular flexibility index (Phi) is 3.84. The van der Waals surface area contributed by atoms with E-state index in [0.29, 0.717) is 18.0 Å². The maximum absolute atomic E-state index is 11.7. The second-order valence-electron chi connectivity index (χ2n) is 4.34. The number of halogens is 1. The molecule has 0 aromatic heterocycles. The van der Waals surface area contributed by atoms with E-state index in [1.165, 1.54) is 6.07 Å². The first-order chi connectivity index (χ1) is 8.56. The quantitative estimate of drug-likeness (QED) is 0.760. The fourth-order valence-corrected chi connectivity index (χ4v) is 1.97. The van der Waals surface area contributed by atoms with Crippen molar-refractivity contribution in [1.29, 1.82) is 0 Å². The van der Waals surface area contributed by atoms with Gasteiger partial charge in [0.2, 0.25) is 11.8 Å². The Labute approximate surface area is 110 Å². The molecule has 1 aliphatic heterocycles. The number of nitrogens with two attached hydrogens (primary N) is 1. The van der Waals surface area contributed by atoms with Crippen LogP contribution in [0.4, 0.5) is 5.69 Å². The molecule has 4 N–H and O–H groups in total. The van der Waals surface area contributed by atoms with E-state index in [0.717, 1.165) is 13.1 Å². The van der Waals surface area contributed by atoms with Crippen LogP contribution in [0.1, 0.15) is 16.8 Å². The summed E-state index contributed by atoms with van der Waals surface area (Å²) in [5.41, 5.74) is 5.92. The first kappa shape index (κ1) is 12.9. The van der Waals surface area contributed by atoms with Crippen LogP contribution in [0.3, 0.4) is 0 Å². The van der Waals surface area contributed by atoms with Gasteiger partial charge in [-0.1, -0.05) is 11.6 Å². The van der Waals surface area contributed by atoms with Gasteiger partial charge in [0.05, 0.1) is 10.6 Å². The molecule has 0 unspecified atom stereocenters. The highest BCUT2D eigenvalue weighted by Gasteiger charge is 2.20. The molecule has 1 aromatic carbocycles. The summed E-state index contributed by atoms with van der Waals surface area (Å²) in [6, 6.07) is 4.68. The zero-order chi connectivity index (χ0) is 13.1. The van der Waals surface area contributed by atoms with Gasteiger partial charge in [0, 0.05) is 12.1 Å². The Morgan fingerprint density at radius 2 is 2.17 bits per heavy atom. The van der Waals surface area contributed by atoms with E-state index in [1.807, 2.05) is 0 Å². The summed E-state index contributed by atoms with van der Waals surface area (Å²) < 4.78 is 0. The second kappa shape index (κ2) is 5.37. The van der Waals surface area contributed by atoms with E-state index in [4.69, 9.17) is 17.3 Å². The van der Waals surface area contributed by atoms with Crippen molar-refractivity contribution >= 4 is 29.1 Å². The van der Waals surface area contributed by atoms with Crippen molar-refractivity contribution in [2.45, 2.75) is 6.42 Å². The van der Waals surface area contributed by atoms with Gasteiger partial charge in [-0.2, -0.15) is 0 Å². The molecule has 96 valence electrons. The minimum atomic E-state index is -0.612. The minimum Gasteiger partial charge on any atom is -0.366 e. The number of primary amides is 1. The number of hydrogen-bond donors (Lipinski definition) is 3. The minimum absolute atomic E-state index is 0.0701. The number of amides is 2. The SMILES string of the molecule is NC(=O)c1cc(NC(=O)CC2CNC2)ccc1Cl. The Balaban J connectivity index is 2.02. The van der Waals surface area contributed by atoms with Crippen molar-refractivity contribution < 1.29 is 9.59 Å². The van der Waals surface area contributed by atoms with Crippen LogP contribution in [-0.4, -0.2) is 24.9 Å². The number of anilines is 1. The molecule has 0 spiro atoms. The molecule has 1 fully saturated rings. The molecule has 18 heavy (non-hydrogen) atoms. The van der Waals surface area contributed by atoms with Crippen molar-refractivity contribution in [3.05, 3.63) is 28.8 Å². The Hall–Kier alpha value is -1.59. The zero-order valence-corrected chi connectivity index (χ0v) is 10.5. The van der Waals surface area contributed by atoms with Crippen molar-refractivity contribution in [3.8, 4) is 0 Å². The number of benzene rings is 1. The molecule has 1 heterocycles. The van der Waals surface area contributed by atoms with Crippen molar-refractivity contribution in [2.75, 3.05) is 18.4 Å². The average Bonchev–Trinajstić information content (AvgIpc) is 2.26. The van der Waals surface area contributed by atoms with Crippen LogP contribution < -0.4 is 16.4 Å². The molecule has 1 aromatic rings. The average molecular weight is 268 g/mol. The molecule has 0 atom stereocenters. The molecule has 2 amide bonds. The lowest BCUT2D eigenvalue weighted by Gasteiger charge is -2.26. The number of hydrogen-bond acceptors (Lipinski definition) is 3. The second-order valence-corrected chi connectivity index (χ2v) is 4.74. The Bertz CT molecular complexity index is 486. The lowest BCUT2D eigenvalue weighted by atomic mass is 9.99. The van der Waals surface area contributed by atoms with Crippen LogP contribution in [0, 0.1) is 5.92 Å². The summed E-state index contributed by atoms with van der Waals surface area (Å²) in [7, 11) is 0. The third-order valence-electron chi connectivity index (χ3n) is 2.86. The van der Waals surface area contributed by atoms with Gasteiger partial charge in [-0.15, -0.1) is 0 Å². The third-order valence-corrected chi connectivity index (χ3v) is 3.19. The van der Waals surface area contributed by atoms with Crippen molar-refractivity contribution in [2.24, 2.45) is 11.7 Å². The fraction of sp³-hybridized carbons (Fsp3) is 0.333. The van der Waals surface area contributed by atoms with Crippen molar-refractivity contribution in [3.63, 3.8) is 0 Å². The van der Waals surface area contributed by atoms with Crippen LogP contribution in [-0.2, 0) is 4.79 Å². The molecule has 5 nitrogen and oxygen atoms in total. The van der Waals surface area contributed by atoms with E-state index in [1.54, 1.807) is 12.1 Å². The highest BCUT2D eigenvalue weighted by molar-refractivity contribution is 6.33. The Morgan fingerprint density at radius 3 is 2.72 bits per heavy atom. The van der Waals surface area contributed by atoms with Gasteiger partial charge in [-0.25, -0.2) is 0 Å². The van der Waals surface area contributed by atoms with Gasteiger partial charge in [-0.05, 0) is 37.2 Å². The monoisotopic (exact) mass is 267 g/mol. The van der Waals surface area contributed by atoms with Crippen molar-refractivity contribution in [1.82, 2.24) is 5.32 Å². The van der Waals surface area contributed by atoms with Gasteiger partial charge in [0.25, 0.3) is 0 Å². The van der Waals surface area contributed by atoms with E-state index in [2.05, 4.69) is 10.6 Å². The molecule has 0 radical (unpaired) electrons. The molecule has 2 rings (SSSR count). The molecule has 6 heteroatoms. The summed E-state index contributed by atoms with van der Waals surface area (Å²) >= 11 is 5.82. The molecular formula is C12H14ClN3O2. The summed E-state index contributed by atoms with van der Waals surface area (Å²) in [6.45, 7) is 1.75. The van der Waals surface area contributed by atoms with E-state index < -0.39 is 5.91 Å². The van der Waals surface area contributed by atoms with Gasteiger partial charge >= 0.3 is 0 Å². The van der Waals surface area contributed by atoms with Crippen LogP contribution in [0.25, 0.3) is 0 Å². The molecule has 0 bridgehead atoms. The van der Waals surface area contributed by atoms with Crippen LogP contribution in [0.5, 0.6) is 0 Å². The third kappa shape index (κ3) is 3.00. The predicted octanol–water partition coefficient (Wildman–Crippen LogP) is 0.987. The van der Waals surface area contributed by atoms with E-state index >= 15 is 0 Å². The highest BCUT2D eigenvalue weighted by atomic mass is 35.5. The molecule has 1 saturated heterocycles. The predicted molar refractivity (Wildman–Crippen MR) is 69.6 cm³/mol. The lowest BCUT2D eigenvalue weighted by molar-refractivity contribution is -0.117. The topological polar surface area (TPSA) is 84.2 Å². The van der Waals surface area contributed by atoms with Gasteiger partial charge < -0.3 is 16.4 Å². The number of nitrogens with one attached hydrogen (secondary N) is 2. The largest absolute Gasteiger partial charge is 0.366 e. The summed E-state index contributed by atoms with van der Waals surface area (Å²) in [4.78, 5) is 22.8. The maximum atomic E-state index is 11.7. The van der Waals surface area contributed by atoms with E-state index in [9.17, 15) is 9.59 Å². The summed E-state index contributed by atoms with van der Waals surface area (Å²) in [6.07, 6.45) is 0.474. The number of carbonyl (C=O) groups excluding carboxylic acids is 2. The van der Waals surface area contributed by atoms with Crippen LogP contribution >= 0.6 is 11.6 Å². The summed E-state index contributed by atoms with van der Waals surface area (Å²) in [5.74, 6) is -0.286. The molecule has 0 saturated carbocycles. The number of rotatable bonds is 4. The lowest BCUT2D eigenvalue weighted by Crippen LogP contribution is -2.43. The zero-order valence-electron chi connectivity index (χ0n) is 9.70. The van der Waals surface area contributed by atoms with E-state index in [-0.39, 0.29) is 16.5 Å². The van der Waals surface area contributed by atoms with Crippen LogP contribution in [0.15, 0.2) is 18.2 Å².